The molecular weight excluding hydrogens is 318 g/mol. The zero-order valence-electron chi connectivity index (χ0n) is 14.4. The second-order valence-electron chi connectivity index (χ2n) is 7.36. The van der Waals surface area contributed by atoms with Crippen LogP contribution in [0.15, 0.2) is 24.3 Å². The van der Waals surface area contributed by atoms with Crippen molar-refractivity contribution >= 4 is 11.9 Å². The van der Waals surface area contributed by atoms with E-state index in [1.165, 1.54) is 19.3 Å². The van der Waals surface area contributed by atoms with Gasteiger partial charge in [0.2, 0.25) is 5.91 Å². The normalized spacial score (nSPS) is 24.9. The summed E-state index contributed by atoms with van der Waals surface area (Å²) in [5, 5.41) is 5.92. The third-order valence-electron chi connectivity index (χ3n) is 5.59. The number of fused-ring (bicyclic) bond motifs is 1. The number of hydrogen-bond donors (Lipinski definition) is 2. The molecule has 2 heterocycles. The van der Waals surface area contributed by atoms with Gasteiger partial charge in [0.25, 0.3) is 0 Å². The van der Waals surface area contributed by atoms with Gasteiger partial charge in [0.05, 0.1) is 6.04 Å². The van der Waals surface area contributed by atoms with E-state index in [1.807, 2.05) is 24.3 Å². The van der Waals surface area contributed by atoms with Crippen LogP contribution in [-0.2, 0) is 4.79 Å². The van der Waals surface area contributed by atoms with Crippen molar-refractivity contribution in [1.29, 1.82) is 0 Å². The summed E-state index contributed by atoms with van der Waals surface area (Å²) >= 11 is 0. The van der Waals surface area contributed by atoms with Gasteiger partial charge in [0.1, 0.15) is 17.9 Å². The van der Waals surface area contributed by atoms with Crippen LogP contribution >= 0.6 is 0 Å². The highest BCUT2D eigenvalue weighted by Crippen LogP contribution is 2.46. The van der Waals surface area contributed by atoms with Crippen LogP contribution in [0.2, 0.25) is 0 Å². The molecule has 1 unspecified atom stereocenters. The highest BCUT2D eigenvalue weighted by atomic mass is 16.5. The van der Waals surface area contributed by atoms with Crippen molar-refractivity contribution in [3.05, 3.63) is 29.8 Å². The molecule has 134 valence electrons. The molecule has 4 rings (SSSR count). The maximum Gasteiger partial charge on any atom is 0.318 e. The smallest absolute Gasteiger partial charge is 0.318 e. The number of ether oxygens (including phenoxy) is 1. The minimum Gasteiger partial charge on any atom is -0.487 e. The molecule has 25 heavy (non-hydrogen) atoms. The van der Waals surface area contributed by atoms with Crippen molar-refractivity contribution in [1.82, 2.24) is 15.5 Å². The Hall–Kier alpha value is -2.24. The Balaban J connectivity index is 1.54. The van der Waals surface area contributed by atoms with Crippen molar-refractivity contribution in [2.45, 2.75) is 50.2 Å². The highest BCUT2D eigenvalue weighted by Gasteiger charge is 2.42. The Morgan fingerprint density at radius 2 is 2.04 bits per heavy atom. The molecule has 2 N–H and O–H groups in total. The number of amides is 3. The van der Waals surface area contributed by atoms with Crippen LogP contribution in [-0.4, -0.2) is 42.1 Å². The van der Waals surface area contributed by atoms with Crippen LogP contribution in [0.5, 0.6) is 5.75 Å². The van der Waals surface area contributed by atoms with E-state index in [-0.39, 0.29) is 30.1 Å². The first-order valence-corrected chi connectivity index (χ1v) is 9.25. The molecule has 1 atom stereocenters. The number of carbonyl (C=O) groups is 2. The molecule has 1 aliphatic carbocycles. The molecule has 0 bridgehead atoms. The van der Waals surface area contributed by atoms with Gasteiger partial charge in [-0.25, -0.2) is 4.79 Å². The lowest BCUT2D eigenvalue weighted by molar-refractivity contribution is -0.123. The van der Waals surface area contributed by atoms with Crippen molar-refractivity contribution < 1.29 is 14.3 Å². The molecule has 0 radical (unpaired) electrons. The minimum absolute atomic E-state index is 0.0689. The van der Waals surface area contributed by atoms with E-state index in [9.17, 15) is 9.59 Å². The van der Waals surface area contributed by atoms with E-state index in [2.05, 4.69) is 10.6 Å². The summed E-state index contributed by atoms with van der Waals surface area (Å²) in [6.45, 7) is 1.19. The largest absolute Gasteiger partial charge is 0.487 e. The lowest BCUT2D eigenvalue weighted by atomic mass is 9.77. The Bertz CT molecular complexity index is 670. The molecule has 2 aliphatic heterocycles. The van der Waals surface area contributed by atoms with E-state index in [0.29, 0.717) is 13.1 Å². The van der Waals surface area contributed by atoms with Gasteiger partial charge in [-0.1, -0.05) is 24.6 Å². The summed E-state index contributed by atoms with van der Waals surface area (Å²) in [6, 6.07) is 7.75. The van der Waals surface area contributed by atoms with Gasteiger partial charge in [-0.15, -0.1) is 0 Å². The zero-order chi connectivity index (χ0) is 17.3. The monoisotopic (exact) mass is 343 g/mol. The standard InChI is InChI=1S/C19H25N3O3/c23-17-13-22(11-10-20-17)18(24)21-15-12-19(8-4-1-5-9-19)25-16-7-3-2-6-14(15)16/h2-3,6-7,15H,1,4-5,8-13H2,(H,20,23)(H,21,24). The number of nitrogens with zero attached hydrogens (tertiary/aromatic N) is 1. The summed E-state index contributed by atoms with van der Waals surface area (Å²) in [5.74, 6) is 0.787. The lowest BCUT2D eigenvalue weighted by Gasteiger charge is -2.45. The molecule has 3 aliphatic rings. The number of para-hydroxylation sites is 1. The van der Waals surface area contributed by atoms with Crippen LogP contribution in [0.25, 0.3) is 0 Å². The van der Waals surface area contributed by atoms with E-state index in [4.69, 9.17) is 4.74 Å². The van der Waals surface area contributed by atoms with Crippen molar-refractivity contribution in [2.24, 2.45) is 0 Å². The summed E-state index contributed by atoms with van der Waals surface area (Å²) in [4.78, 5) is 25.8. The van der Waals surface area contributed by atoms with Gasteiger partial charge in [-0.3, -0.25) is 4.79 Å². The minimum atomic E-state index is -0.164. The number of rotatable bonds is 1. The quantitative estimate of drug-likeness (QED) is 0.822. The molecule has 1 saturated heterocycles. The van der Waals surface area contributed by atoms with Crippen LogP contribution in [0.1, 0.15) is 50.1 Å². The number of nitrogens with one attached hydrogen (secondary N) is 2. The summed E-state index contributed by atoms with van der Waals surface area (Å²) in [5.41, 5.74) is 0.873. The summed E-state index contributed by atoms with van der Waals surface area (Å²) < 4.78 is 6.41. The van der Waals surface area contributed by atoms with Gasteiger partial charge in [0, 0.05) is 25.1 Å². The number of hydrogen-bond acceptors (Lipinski definition) is 3. The fourth-order valence-corrected chi connectivity index (χ4v) is 4.30. The van der Waals surface area contributed by atoms with Crippen molar-refractivity contribution in [3.63, 3.8) is 0 Å². The number of urea groups is 1. The molecule has 3 amide bonds. The van der Waals surface area contributed by atoms with Crippen molar-refractivity contribution in [2.75, 3.05) is 19.6 Å². The third kappa shape index (κ3) is 3.30. The Morgan fingerprint density at radius 3 is 2.84 bits per heavy atom. The molecular formula is C19H25N3O3. The molecule has 1 aromatic rings. The van der Waals surface area contributed by atoms with E-state index < -0.39 is 0 Å². The zero-order valence-corrected chi connectivity index (χ0v) is 14.4. The van der Waals surface area contributed by atoms with Crippen LogP contribution in [0.3, 0.4) is 0 Å². The van der Waals surface area contributed by atoms with Crippen LogP contribution in [0, 0.1) is 0 Å². The maximum atomic E-state index is 12.7. The first-order chi connectivity index (χ1) is 12.2. The lowest BCUT2D eigenvalue weighted by Crippen LogP contribution is -2.54. The molecule has 2 fully saturated rings. The second-order valence-corrected chi connectivity index (χ2v) is 7.36. The Kier molecular flexibility index (Phi) is 4.27. The predicted octanol–water partition coefficient (Wildman–Crippen LogP) is 2.35. The average molecular weight is 343 g/mol. The topological polar surface area (TPSA) is 70.7 Å². The number of benzene rings is 1. The van der Waals surface area contributed by atoms with Gasteiger partial charge < -0.3 is 20.3 Å². The average Bonchev–Trinajstić information content (AvgIpc) is 2.62. The van der Waals surface area contributed by atoms with Gasteiger partial charge in [0.15, 0.2) is 0 Å². The Labute approximate surface area is 147 Å². The number of carbonyl (C=O) groups excluding carboxylic acids is 2. The van der Waals surface area contributed by atoms with Gasteiger partial charge in [-0.05, 0) is 31.7 Å². The van der Waals surface area contributed by atoms with Crippen molar-refractivity contribution in [3.8, 4) is 5.75 Å². The Morgan fingerprint density at radius 1 is 1.24 bits per heavy atom. The van der Waals surface area contributed by atoms with Crippen LogP contribution in [0.4, 0.5) is 4.79 Å². The molecule has 1 spiro atoms. The third-order valence-corrected chi connectivity index (χ3v) is 5.59. The molecule has 6 heteroatoms. The maximum absolute atomic E-state index is 12.7. The number of piperazine rings is 1. The molecule has 0 aromatic heterocycles. The van der Waals surface area contributed by atoms with E-state index >= 15 is 0 Å². The van der Waals surface area contributed by atoms with Gasteiger partial charge >= 0.3 is 6.03 Å². The fourth-order valence-electron chi connectivity index (χ4n) is 4.30. The first-order valence-electron chi connectivity index (χ1n) is 9.25. The molecule has 1 saturated carbocycles. The fraction of sp³-hybridized carbons (Fsp3) is 0.579. The van der Waals surface area contributed by atoms with E-state index in [1.54, 1.807) is 4.90 Å². The van der Waals surface area contributed by atoms with E-state index in [0.717, 1.165) is 30.6 Å². The summed E-state index contributed by atoms with van der Waals surface area (Å²) in [7, 11) is 0. The first kappa shape index (κ1) is 16.2. The van der Waals surface area contributed by atoms with Crippen LogP contribution < -0.4 is 15.4 Å². The van der Waals surface area contributed by atoms with Gasteiger partial charge in [-0.2, -0.15) is 0 Å². The highest BCUT2D eigenvalue weighted by molar-refractivity contribution is 5.85. The predicted molar refractivity (Wildman–Crippen MR) is 93.4 cm³/mol. The molecule has 6 nitrogen and oxygen atoms in total. The molecule has 1 aromatic carbocycles. The summed E-state index contributed by atoms with van der Waals surface area (Å²) in [6.07, 6.45) is 6.49. The second kappa shape index (κ2) is 6.58. The SMILES string of the molecule is O=C1CN(C(=O)NC2CC3(CCCCC3)Oc3ccccc32)CCN1.